The van der Waals surface area contributed by atoms with Crippen molar-refractivity contribution >= 4 is 29.7 Å². The molecule has 0 heterocycles. The van der Waals surface area contributed by atoms with Gasteiger partial charge in [0.2, 0.25) is 0 Å². The van der Waals surface area contributed by atoms with Crippen LogP contribution in [0, 0.1) is 11.8 Å². The van der Waals surface area contributed by atoms with Gasteiger partial charge in [-0.25, -0.2) is 0 Å². The van der Waals surface area contributed by atoms with Crippen molar-refractivity contribution in [1.82, 2.24) is 0 Å². The van der Waals surface area contributed by atoms with Crippen molar-refractivity contribution in [2.45, 2.75) is 127 Å². The largest absolute Gasteiger partial charge is 1.00 e. The molecular weight excluding hydrogens is 1120 g/mol. The molecule has 4 aliphatic carbocycles. The van der Waals surface area contributed by atoms with E-state index in [0.717, 1.165) is 86.8 Å². The van der Waals surface area contributed by atoms with Crippen molar-refractivity contribution < 1.29 is 114 Å². The van der Waals surface area contributed by atoms with Gasteiger partial charge in [-0.1, -0.05) is 112 Å². The Hall–Kier alpha value is -3.53. The molecule has 0 radical (unpaired) electrons. The van der Waals surface area contributed by atoms with E-state index in [4.69, 9.17) is 0 Å². The minimum Gasteiger partial charge on any atom is -1.00 e. The number of allylic oxidation sites excluding steroid dienone is 4. The Morgan fingerprint density at radius 2 is 0.808 bits per heavy atom. The maximum atomic E-state index is 13.3. The van der Waals surface area contributed by atoms with E-state index in [2.05, 4.69) is 24.3 Å². The minimum absolute atomic E-state index is 0. The van der Waals surface area contributed by atoms with Gasteiger partial charge in [0, 0.05) is 0 Å². The zero-order valence-electron chi connectivity index (χ0n) is 39.2. The Kier molecular flexibility index (Phi) is 22.1. The van der Waals surface area contributed by atoms with Gasteiger partial charge in [0.05, 0.1) is 22.3 Å². The molecule has 4 aliphatic rings. The van der Waals surface area contributed by atoms with E-state index in [1.807, 2.05) is 18.7 Å². The smallest absolute Gasteiger partial charge is 0.416 e. The summed E-state index contributed by atoms with van der Waals surface area (Å²) in [5, 5.41) is 2.58. The normalized spacial score (nSPS) is 17.6. The summed E-state index contributed by atoms with van der Waals surface area (Å²) >= 11 is 1.29. The molecule has 0 unspecified atom stereocenters. The van der Waals surface area contributed by atoms with E-state index >= 15 is 0 Å². The summed E-state index contributed by atoms with van der Waals surface area (Å²) in [5.41, 5.74) is -3.68. The SMILES string of the molecule is C[Si](=[Zr+2])CCC(F)(F)F.FC(F)(F)c1cc(-c2cccc3c2=CC(=CC2CCCCCC2)[C-]=3)cc(C(F)(F)F)c1.FC(F)(F)c1cc(-c2cccc3c2=CC(=CC2CCCCCC2)[C-]=3)cc(C(F)(F)F)c1.[Cl-].[Cl-]. The van der Waals surface area contributed by atoms with Crippen molar-refractivity contribution in [2.24, 2.45) is 11.8 Å². The van der Waals surface area contributed by atoms with Crippen LogP contribution in [-0.4, -0.2) is 11.6 Å². The summed E-state index contributed by atoms with van der Waals surface area (Å²) in [5.74, 6) is 0.841. The number of alkyl halides is 15. The van der Waals surface area contributed by atoms with Gasteiger partial charge in [-0.15, -0.1) is 80.6 Å². The van der Waals surface area contributed by atoms with Crippen LogP contribution >= 0.6 is 0 Å². The summed E-state index contributed by atoms with van der Waals surface area (Å²) < 4.78 is 194. The van der Waals surface area contributed by atoms with Crippen LogP contribution < -0.4 is 45.7 Å². The maximum Gasteiger partial charge on any atom is 0.416 e. The van der Waals surface area contributed by atoms with Gasteiger partial charge in [0.1, 0.15) is 0 Å². The fraction of sp³-hybridized carbons (Fsp3) is 0.407. The van der Waals surface area contributed by atoms with Crippen LogP contribution in [0.25, 0.3) is 46.6 Å². The van der Waals surface area contributed by atoms with Crippen LogP contribution in [0.3, 0.4) is 0 Å². The summed E-state index contributed by atoms with van der Waals surface area (Å²) in [6.45, 7) is 1.93. The van der Waals surface area contributed by atoms with Gasteiger partial charge in [-0.05, 0) is 59.4 Å². The van der Waals surface area contributed by atoms with Crippen molar-refractivity contribution in [3.05, 3.63) is 139 Å². The number of hydrogen-bond acceptors (Lipinski definition) is 0. The molecule has 19 heteroatoms. The first-order valence-corrected chi connectivity index (χ1v) is 29.2. The Labute approximate surface area is 441 Å². The molecule has 0 N–H and O–H groups in total. The molecule has 0 bridgehead atoms. The summed E-state index contributed by atoms with van der Waals surface area (Å²) in [6.07, 6.45) is 4.34. The Morgan fingerprint density at radius 1 is 0.493 bits per heavy atom. The predicted octanol–water partition coefficient (Wildman–Crippen LogP) is 9.59. The molecule has 73 heavy (non-hydrogen) atoms. The second-order valence-electron chi connectivity index (χ2n) is 18.3. The van der Waals surface area contributed by atoms with Crippen LogP contribution in [-0.2, 0) is 48.0 Å². The second-order valence-corrected chi connectivity index (χ2v) is 26.7. The third-order valence-corrected chi connectivity index (χ3v) is 15.4. The van der Waals surface area contributed by atoms with E-state index in [0.29, 0.717) is 49.9 Å². The molecule has 4 aromatic rings. The predicted molar refractivity (Wildman–Crippen MR) is 244 cm³/mol. The van der Waals surface area contributed by atoms with Gasteiger partial charge in [-0.2, -0.15) is 52.7 Å². The molecule has 394 valence electrons. The average molecular weight is 1170 g/mol. The van der Waals surface area contributed by atoms with Gasteiger partial charge < -0.3 is 24.8 Å². The van der Waals surface area contributed by atoms with E-state index in [9.17, 15) is 65.9 Å². The molecule has 0 nitrogen and oxygen atoms in total. The quantitative estimate of drug-likeness (QED) is 0.0782. The summed E-state index contributed by atoms with van der Waals surface area (Å²) in [7, 11) is 0. The first-order chi connectivity index (χ1) is 33.1. The van der Waals surface area contributed by atoms with Crippen molar-refractivity contribution in [2.75, 3.05) is 0 Å². The molecule has 0 aromatic heterocycles. The maximum absolute atomic E-state index is 13.3. The van der Waals surface area contributed by atoms with Crippen LogP contribution in [0.15, 0.2) is 96.1 Å². The molecule has 0 saturated heterocycles. The first kappa shape index (κ1) is 62.0. The first-order valence-electron chi connectivity index (χ1n) is 23.3. The van der Waals surface area contributed by atoms with E-state index in [-0.39, 0.29) is 48.1 Å². The third-order valence-electron chi connectivity index (χ3n) is 12.6. The number of halogens is 17. The van der Waals surface area contributed by atoms with Gasteiger partial charge in [-0.3, -0.25) is 0 Å². The van der Waals surface area contributed by atoms with Crippen molar-refractivity contribution in [3.8, 4) is 22.3 Å². The summed E-state index contributed by atoms with van der Waals surface area (Å²) in [6, 6.07) is 13.8. The molecular formula is C54H49Cl2F15SiZr-2. The van der Waals surface area contributed by atoms with E-state index in [1.165, 1.54) is 49.0 Å². The second kappa shape index (κ2) is 26.0. The number of fused-ring (bicyclic) bond motifs is 2. The summed E-state index contributed by atoms with van der Waals surface area (Å²) in [4.78, 5) is 0. The zero-order chi connectivity index (χ0) is 51.9. The monoisotopic (exact) mass is 1170 g/mol. The Bertz CT molecular complexity index is 2610. The molecule has 8 rings (SSSR count). The molecule has 0 spiro atoms. The topological polar surface area (TPSA) is 0 Å². The average Bonchev–Trinajstić information content (AvgIpc) is 3.66. The molecule has 4 aromatic carbocycles. The minimum atomic E-state index is -4.87. The molecule has 0 aliphatic heterocycles. The Balaban J connectivity index is 0.000000265. The Morgan fingerprint density at radius 3 is 1.07 bits per heavy atom. The molecule has 2 saturated carbocycles. The van der Waals surface area contributed by atoms with E-state index < -0.39 is 65.0 Å². The van der Waals surface area contributed by atoms with Crippen LogP contribution in [0.4, 0.5) is 65.9 Å². The van der Waals surface area contributed by atoms with Crippen LogP contribution in [0.1, 0.15) is 106 Å². The standard InChI is InChI=1S/2C25H21F6.C4H7F3Si.2ClH.Zr/c2*26-24(27,28)20-13-19(14-21(15-20)25(29,30)31)22-9-5-8-18-11-17(12-23(18)22)10-16-6-3-1-2-4-7-16;1-8-3-2-4(5,6)7;;;/h2*5,8-10,12-16H,1-4,6-7H2;2-3H2,1H3;2*1H;/q2*-1;;;;+2/p-2. The van der Waals surface area contributed by atoms with Gasteiger partial charge >= 0.3 is 91.8 Å². The zero-order valence-corrected chi connectivity index (χ0v) is 44.2. The van der Waals surface area contributed by atoms with Crippen LogP contribution in [0.5, 0.6) is 0 Å². The third kappa shape index (κ3) is 18.3. The van der Waals surface area contributed by atoms with Crippen molar-refractivity contribution in [3.63, 3.8) is 0 Å². The molecule has 2 fully saturated rings. The molecule has 0 atom stereocenters. The van der Waals surface area contributed by atoms with Gasteiger partial charge in [0.25, 0.3) is 0 Å². The number of rotatable bonds is 6. The molecule has 0 amide bonds. The fourth-order valence-corrected chi connectivity index (χ4v) is 10.6. The van der Waals surface area contributed by atoms with E-state index in [1.54, 1.807) is 36.4 Å². The van der Waals surface area contributed by atoms with Crippen LogP contribution in [0.2, 0.25) is 12.6 Å². The fourth-order valence-electron chi connectivity index (χ4n) is 9.05. The number of hydrogen-bond donors (Lipinski definition) is 0. The van der Waals surface area contributed by atoms with Gasteiger partial charge in [0.15, 0.2) is 0 Å². The number of benzene rings is 4. The van der Waals surface area contributed by atoms with Crippen molar-refractivity contribution in [1.29, 1.82) is 0 Å².